The first-order valence-corrected chi connectivity index (χ1v) is 5.15. The van der Waals surface area contributed by atoms with Crippen LogP contribution in [0.3, 0.4) is 0 Å². The fourth-order valence-electron chi connectivity index (χ4n) is 1.53. The quantitative estimate of drug-likeness (QED) is 0.488. The van der Waals surface area contributed by atoms with E-state index in [1.165, 1.54) is 22.8 Å². The monoisotopic (exact) mass is 253 g/mol. The van der Waals surface area contributed by atoms with Crippen molar-refractivity contribution in [2.45, 2.75) is 0 Å². The van der Waals surface area contributed by atoms with Gasteiger partial charge in [0.1, 0.15) is 11.5 Å². The molecule has 6 heteroatoms. The number of benzene rings is 1. The summed E-state index contributed by atoms with van der Waals surface area (Å²) in [5.74, 6) is 4.03. The molecule has 0 spiro atoms. The number of nitrogen functional groups attached to an aromatic ring is 1. The number of nitrogens with one attached hydrogen (secondary N) is 1. The molecule has 17 heavy (non-hydrogen) atoms. The molecule has 0 atom stereocenters. The summed E-state index contributed by atoms with van der Waals surface area (Å²) < 4.78 is 15.1. The van der Waals surface area contributed by atoms with Crippen LogP contribution in [0.5, 0.6) is 0 Å². The van der Waals surface area contributed by atoms with E-state index in [4.69, 9.17) is 17.4 Å². The average molecular weight is 254 g/mol. The Morgan fingerprint density at radius 2 is 2.18 bits per heavy atom. The number of amides is 1. The molecule has 0 aliphatic rings. The maximum atomic E-state index is 13.7. The third kappa shape index (κ3) is 2.15. The summed E-state index contributed by atoms with van der Waals surface area (Å²) in [6, 6.07) is 7.38. The van der Waals surface area contributed by atoms with Crippen molar-refractivity contribution in [3.63, 3.8) is 0 Å². The van der Waals surface area contributed by atoms with Crippen molar-refractivity contribution in [1.29, 1.82) is 0 Å². The minimum absolute atomic E-state index is 0.234. The molecule has 0 aliphatic heterocycles. The number of hydrazine groups is 1. The minimum atomic E-state index is -0.514. The number of aromatic nitrogens is 1. The zero-order chi connectivity index (χ0) is 12.4. The van der Waals surface area contributed by atoms with Gasteiger partial charge in [-0.15, -0.1) is 0 Å². The molecule has 0 unspecified atom stereocenters. The van der Waals surface area contributed by atoms with Gasteiger partial charge in [-0.25, -0.2) is 10.2 Å². The second-order valence-electron chi connectivity index (χ2n) is 3.33. The maximum absolute atomic E-state index is 13.7. The standard InChI is InChI=1S/C11H9ClFN3O/c12-7-3-4-9(8(13)6-7)16-5-1-2-10(16)11(17)15-14/h1-6H,14H2,(H,15,17). The first kappa shape index (κ1) is 11.6. The predicted octanol–water partition coefficient (Wildman–Crippen LogP) is 1.87. The van der Waals surface area contributed by atoms with Gasteiger partial charge in [0.2, 0.25) is 0 Å². The SMILES string of the molecule is NNC(=O)c1cccn1-c1ccc(Cl)cc1F. The van der Waals surface area contributed by atoms with Crippen LogP contribution in [0.15, 0.2) is 36.5 Å². The van der Waals surface area contributed by atoms with Crippen LogP contribution in [0, 0.1) is 5.82 Å². The van der Waals surface area contributed by atoms with E-state index >= 15 is 0 Å². The van der Waals surface area contributed by atoms with Gasteiger partial charge >= 0.3 is 0 Å². The first-order chi connectivity index (χ1) is 8.13. The Morgan fingerprint density at radius 3 is 2.82 bits per heavy atom. The molecule has 88 valence electrons. The minimum Gasteiger partial charge on any atom is -0.310 e. The second-order valence-corrected chi connectivity index (χ2v) is 3.77. The molecule has 4 nitrogen and oxygen atoms in total. The zero-order valence-corrected chi connectivity index (χ0v) is 9.41. The Kier molecular flexibility index (Phi) is 3.12. The predicted molar refractivity (Wildman–Crippen MR) is 62.4 cm³/mol. The van der Waals surface area contributed by atoms with Crippen molar-refractivity contribution in [3.8, 4) is 5.69 Å². The van der Waals surface area contributed by atoms with E-state index in [2.05, 4.69) is 0 Å². The van der Waals surface area contributed by atoms with Crippen molar-refractivity contribution in [1.82, 2.24) is 9.99 Å². The summed E-state index contributed by atoms with van der Waals surface area (Å²) in [4.78, 5) is 11.4. The molecule has 0 saturated carbocycles. The van der Waals surface area contributed by atoms with E-state index in [9.17, 15) is 9.18 Å². The number of rotatable bonds is 2. The van der Waals surface area contributed by atoms with Crippen LogP contribution in [-0.4, -0.2) is 10.5 Å². The van der Waals surface area contributed by atoms with Crippen molar-refractivity contribution < 1.29 is 9.18 Å². The maximum Gasteiger partial charge on any atom is 0.282 e. The lowest BCUT2D eigenvalue weighted by molar-refractivity contribution is 0.0947. The van der Waals surface area contributed by atoms with Crippen molar-refractivity contribution in [2.24, 2.45) is 5.84 Å². The van der Waals surface area contributed by atoms with Gasteiger partial charge in [-0.05, 0) is 30.3 Å². The van der Waals surface area contributed by atoms with Crippen LogP contribution < -0.4 is 11.3 Å². The Hall–Kier alpha value is -1.85. The number of halogens is 2. The van der Waals surface area contributed by atoms with Gasteiger partial charge in [-0.3, -0.25) is 10.2 Å². The Balaban J connectivity index is 2.53. The van der Waals surface area contributed by atoms with Crippen LogP contribution in [-0.2, 0) is 0 Å². The molecule has 1 heterocycles. The number of carbonyl (C=O) groups excluding carboxylic acids is 1. The van der Waals surface area contributed by atoms with Gasteiger partial charge in [0.25, 0.3) is 5.91 Å². The Bertz CT molecular complexity index is 568. The smallest absolute Gasteiger partial charge is 0.282 e. The van der Waals surface area contributed by atoms with Crippen molar-refractivity contribution in [3.05, 3.63) is 53.1 Å². The normalized spacial score (nSPS) is 10.3. The fraction of sp³-hybridized carbons (Fsp3) is 0. The van der Waals surface area contributed by atoms with E-state index in [0.29, 0.717) is 5.02 Å². The highest BCUT2D eigenvalue weighted by molar-refractivity contribution is 6.30. The highest BCUT2D eigenvalue weighted by Gasteiger charge is 2.13. The van der Waals surface area contributed by atoms with Crippen molar-refractivity contribution >= 4 is 17.5 Å². The van der Waals surface area contributed by atoms with Crippen LogP contribution in [0.1, 0.15) is 10.5 Å². The van der Waals surface area contributed by atoms with Crippen LogP contribution in [0.4, 0.5) is 4.39 Å². The molecule has 0 saturated heterocycles. The van der Waals surface area contributed by atoms with Crippen LogP contribution >= 0.6 is 11.6 Å². The van der Waals surface area contributed by atoms with E-state index in [-0.39, 0.29) is 11.4 Å². The molecule has 3 N–H and O–H groups in total. The molecular weight excluding hydrogens is 245 g/mol. The molecule has 0 bridgehead atoms. The lowest BCUT2D eigenvalue weighted by Gasteiger charge is -2.09. The van der Waals surface area contributed by atoms with E-state index < -0.39 is 11.7 Å². The zero-order valence-electron chi connectivity index (χ0n) is 8.65. The molecule has 1 aromatic carbocycles. The summed E-state index contributed by atoms with van der Waals surface area (Å²) in [6.07, 6.45) is 1.57. The highest BCUT2D eigenvalue weighted by atomic mass is 35.5. The third-order valence-corrected chi connectivity index (χ3v) is 2.52. The summed E-state index contributed by atoms with van der Waals surface area (Å²) in [7, 11) is 0. The summed E-state index contributed by atoms with van der Waals surface area (Å²) >= 11 is 5.66. The number of nitrogens with two attached hydrogens (primary N) is 1. The van der Waals surface area contributed by atoms with Gasteiger partial charge in [-0.2, -0.15) is 0 Å². The number of carbonyl (C=O) groups is 1. The molecular formula is C11H9ClFN3O. The fourth-order valence-corrected chi connectivity index (χ4v) is 1.69. The number of hydrogen-bond donors (Lipinski definition) is 2. The topological polar surface area (TPSA) is 60.0 Å². The van der Waals surface area contributed by atoms with Gasteiger partial charge in [0.05, 0.1) is 5.69 Å². The van der Waals surface area contributed by atoms with E-state index in [1.54, 1.807) is 18.3 Å². The molecule has 0 aliphatic carbocycles. The third-order valence-electron chi connectivity index (χ3n) is 2.28. The van der Waals surface area contributed by atoms with Gasteiger partial charge in [0.15, 0.2) is 0 Å². The van der Waals surface area contributed by atoms with Gasteiger partial charge < -0.3 is 4.57 Å². The number of hydrogen-bond acceptors (Lipinski definition) is 2. The summed E-state index contributed by atoms with van der Waals surface area (Å²) in [5.41, 5.74) is 2.48. The average Bonchev–Trinajstić information content (AvgIpc) is 2.77. The van der Waals surface area contributed by atoms with Gasteiger partial charge in [-0.1, -0.05) is 11.6 Å². The molecule has 0 fully saturated rings. The number of nitrogens with zero attached hydrogens (tertiary/aromatic N) is 1. The van der Waals surface area contributed by atoms with E-state index in [1.807, 2.05) is 5.43 Å². The summed E-state index contributed by atoms with van der Waals surface area (Å²) in [5, 5.41) is 0.295. The largest absolute Gasteiger partial charge is 0.310 e. The van der Waals surface area contributed by atoms with Crippen LogP contribution in [0.25, 0.3) is 5.69 Å². The van der Waals surface area contributed by atoms with Crippen molar-refractivity contribution in [2.75, 3.05) is 0 Å². The highest BCUT2D eigenvalue weighted by Crippen LogP contribution is 2.20. The molecule has 1 amide bonds. The van der Waals surface area contributed by atoms with E-state index in [0.717, 1.165) is 0 Å². The molecule has 1 aromatic heterocycles. The molecule has 2 aromatic rings. The van der Waals surface area contributed by atoms with Gasteiger partial charge in [0, 0.05) is 11.2 Å². The lowest BCUT2D eigenvalue weighted by atomic mass is 10.3. The lowest BCUT2D eigenvalue weighted by Crippen LogP contribution is -2.31. The second kappa shape index (κ2) is 4.57. The summed E-state index contributed by atoms with van der Waals surface area (Å²) in [6.45, 7) is 0. The molecule has 0 radical (unpaired) electrons. The first-order valence-electron chi connectivity index (χ1n) is 4.77. The molecule has 2 rings (SSSR count). The van der Waals surface area contributed by atoms with Crippen LogP contribution in [0.2, 0.25) is 5.02 Å². The Morgan fingerprint density at radius 1 is 1.41 bits per heavy atom. The Labute approximate surface area is 102 Å².